The zero-order valence-corrected chi connectivity index (χ0v) is 11.5. The van der Waals surface area contributed by atoms with Crippen molar-refractivity contribution < 1.29 is 9.90 Å². The highest BCUT2D eigenvalue weighted by Crippen LogP contribution is 2.20. The number of carboxylic acid groups (broad SMARTS) is 1. The Labute approximate surface area is 106 Å². The minimum absolute atomic E-state index is 0.152. The molecule has 0 aliphatic carbocycles. The Hall–Kier alpha value is -1.10. The number of carbonyl (C=O) groups is 1. The number of rotatable bonds is 7. The van der Waals surface area contributed by atoms with Crippen molar-refractivity contribution >= 4 is 22.4 Å². The van der Waals surface area contributed by atoms with E-state index < -0.39 is 5.97 Å². The molecule has 0 unspecified atom stereocenters. The van der Waals surface area contributed by atoms with Crippen molar-refractivity contribution in [2.24, 2.45) is 5.92 Å². The molecule has 96 valence electrons. The van der Waals surface area contributed by atoms with Crippen LogP contribution in [0.4, 0.5) is 5.13 Å². The van der Waals surface area contributed by atoms with E-state index in [1.807, 2.05) is 12.4 Å². The molecule has 0 bridgehead atoms. The van der Waals surface area contributed by atoms with Crippen molar-refractivity contribution in [3.63, 3.8) is 0 Å². The van der Waals surface area contributed by atoms with Crippen LogP contribution < -0.4 is 4.90 Å². The molecule has 5 heteroatoms. The highest BCUT2D eigenvalue weighted by atomic mass is 32.1. The first-order valence-corrected chi connectivity index (χ1v) is 6.74. The van der Waals surface area contributed by atoms with Crippen molar-refractivity contribution in [2.45, 2.75) is 33.1 Å². The highest BCUT2D eigenvalue weighted by molar-refractivity contribution is 7.13. The summed E-state index contributed by atoms with van der Waals surface area (Å²) in [7, 11) is 2.03. The van der Waals surface area contributed by atoms with Crippen molar-refractivity contribution in [3.8, 4) is 0 Å². The van der Waals surface area contributed by atoms with Gasteiger partial charge in [0, 0.05) is 25.4 Å². The SMILES string of the molecule is CC(C)CCN(C)c1nc(CCC(=O)O)cs1. The van der Waals surface area contributed by atoms with Crippen molar-refractivity contribution in [3.05, 3.63) is 11.1 Å². The van der Waals surface area contributed by atoms with E-state index in [1.165, 1.54) is 0 Å². The molecule has 0 atom stereocenters. The second-order valence-electron chi connectivity index (χ2n) is 4.62. The molecule has 0 fully saturated rings. The number of nitrogens with zero attached hydrogens (tertiary/aromatic N) is 2. The van der Waals surface area contributed by atoms with E-state index >= 15 is 0 Å². The van der Waals surface area contributed by atoms with Gasteiger partial charge in [0.1, 0.15) is 0 Å². The molecule has 0 aromatic carbocycles. The summed E-state index contributed by atoms with van der Waals surface area (Å²) in [6.45, 7) is 5.39. The molecule has 0 aliphatic rings. The fourth-order valence-corrected chi connectivity index (χ4v) is 2.22. The molecule has 0 saturated heterocycles. The summed E-state index contributed by atoms with van der Waals surface area (Å²) in [6, 6.07) is 0. The van der Waals surface area contributed by atoms with Crippen LogP contribution in [0.2, 0.25) is 0 Å². The maximum Gasteiger partial charge on any atom is 0.303 e. The van der Waals surface area contributed by atoms with E-state index in [0.29, 0.717) is 12.3 Å². The van der Waals surface area contributed by atoms with Crippen LogP contribution in [0, 0.1) is 5.92 Å². The van der Waals surface area contributed by atoms with E-state index in [4.69, 9.17) is 5.11 Å². The van der Waals surface area contributed by atoms with Gasteiger partial charge in [-0.3, -0.25) is 4.79 Å². The third kappa shape index (κ3) is 5.17. The molecule has 0 amide bonds. The quantitative estimate of drug-likeness (QED) is 0.815. The van der Waals surface area contributed by atoms with Gasteiger partial charge in [0.2, 0.25) is 0 Å². The van der Waals surface area contributed by atoms with Crippen LogP contribution in [-0.4, -0.2) is 29.7 Å². The first-order chi connectivity index (χ1) is 7.99. The molecule has 1 N–H and O–H groups in total. The standard InChI is InChI=1S/C12H20N2O2S/c1-9(2)6-7-14(3)12-13-10(8-17-12)4-5-11(15)16/h8-9H,4-7H2,1-3H3,(H,15,16). The van der Waals surface area contributed by atoms with Crippen molar-refractivity contribution in [2.75, 3.05) is 18.5 Å². The van der Waals surface area contributed by atoms with Gasteiger partial charge in [0.25, 0.3) is 0 Å². The molecular weight excluding hydrogens is 236 g/mol. The summed E-state index contributed by atoms with van der Waals surface area (Å²) in [5.74, 6) is -0.0865. The average molecular weight is 256 g/mol. The van der Waals surface area contributed by atoms with Crippen LogP contribution in [-0.2, 0) is 11.2 Å². The Morgan fingerprint density at radius 1 is 1.59 bits per heavy atom. The number of aliphatic carboxylic acids is 1. The highest BCUT2D eigenvalue weighted by Gasteiger charge is 2.08. The topological polar surface area (TPSA) is 53.4 Å². The van der Waals surface area contributed by atoms with E-state index in [1.54, 1.807) is 11.3 Å². The van der Waals surface area contributed by atoms with Gasteiger partial charge in [-0.2, -0.15) is 0 Å². The van der Waals surface area contributed by atoms with Crippen LogP contribution in [0.15, 0.2) is 5.38 Å². The first kappa shape index (κ1) is 14.0. The van der Waals surface area contributed by atoms with Gasteiger partial charge >= 0.3 is 5.97 Å². The maximum atomic E-state index is 10.5. The van der Waals surface area contributed by atoms with Crippen LogP contribution in [0.3, 0.4) is 0 Å². The zero-order chi connectivity index (χ0) is 12.8. The summed E-state index contributed by atoms with van der Waals surface area (Å²) in [6.07, 6.45) is 1.81. The number of anilines is 1. The predicted octanol–water partition coefficient (Wildman–Crippen LogP) is 2.64. The van der Waals surface area contributed by atoms with Gasteiger partial charge in [-0.25, -0.2) is 4.98 Å². The van der Waals surface area contributed by atoms with Crippen LogP contribution in [0.5, 0.6) is 0 Å². The Kier molecular flexibility index (Phi) is 5.41. The lowest BCUT2D eigenvalue weighted by Gasteiger charge is -2.16. The Balaban J connectivity index is 2.46. The molecule has 1 heterocycles. The van der Waals surface area contributed by atoms with E-state index in [9.17, 15) is 4.79 Å². The molecule has 0 spiro atoms. The van der Waals surface area contributed by atoms with Crippen molar-refractivity contribution in [1.82, 2.24) is 4.98 Å². The third-order valence-electron chi connectivity index (χ3n) is 2.50. The molecule has 1 aromatic rings. The number of thiazole rings is 1. The van der Waals surface area contributed by atoms with Crippen LogP contribution in [0.1, 0.15) is 32.4 Å². The smallest absolute Gasteiger partial charge is 0.303 e. The lowest BCUT2D eigenvalue weighted by atomic mass is 10.1. The monoisotopic (exact) mass is 256 g/mol. The van der Waals surface area contributed by atoms with E-state index in [2.05, 4.69) is 23.7 Å². The second kappa shape index (κ2) is 6.59. The van der Waals surface area contributed by atoms with Crippen LogP contribution in [0.25, 0.3) is 0 Å². The fourth-order valence-electron chi connectivity index (χ4n) is 1.37. The van der Waals surface area contributed by atoms with E-state index in [0.717, 1.165) is 23.8 Å². The Morgan fingerprint density at radius 3 is 2.88 bits per heavy atom. The summed E-state index contributed by atoms with van der Waals surface area (Å²) in [4.78, 5) is 17.0. The summed E-state index contributed by atoms with van der Waals surface area (Å²) < 4.78 is 0. The van der Waals surface area contributed by atoms with Gasteiger partial charge in [-0.15, -0.1) is 11.3 Å². The second-order valence-corrected chi connectivity index (χ2v) is 5.46. The summed E-state index contributed by atoms with van der Waals surface area (Å²) in [5, 5.41) is 11.5. The predicted molar refractivity (Wildman–Crippen MR) is 70.8 cm³/mol. The molecular formula is C12H20N2O2S. The van der Waals surface area contributed by atoms with E-state index in [-0.39, 0.29) is 6.42 Å². The van der Waals surface area contributed by atoms with Gasteiger partial charge < -0.3 is 10.0 Å². The maximum absolute atomic E-state index is 10.5. The molecule has 1 aromatic heterocycles. The van der Waals surface area contributed by atoms with Crippen molar-refractivity contribution in [1.29, 1.82) is 0 Å². The molecule has 0 radical (unpaired) electrons. The zero-order valence-electron chi connectivity index (χ0n) is 10.6. The van der Waals surface area contributed by atoms with Gasteiger partial charge in [0.05, 0.1) is 12.1 Å². The number of hydrogen-bond acceptors (Lipinski definition) is 4. The third-order valence-corrected chi connectivity index (χ3v) is 3.51. The largest absolute Gasteiger partial charge is 0.481 e. The minimum Gasteiger partial charge on any atom is -0.481 e. The summed E-state index contributed by atoms with van der Waals surface area (Å²) in [5.41, 5.74) is 0.879. The fraction of sp³-hybridized carbons (Fsp3) is 0.667. The molecule has 17 heavy (non-hydrogen) atoms. The van der Waals surface area contributed by atoms with Gasteiger partial charge in [-0.05, 0) is 12.3 Å². The normalized spacial score (nSPS) is 10.8. The van der Waals surface area contributed by atoms with Crippen LogP contribution >= 0.6 is 11.3 Å². The number of aromatic nitrogens is 1. The first-order valence-electron chi connectivity index (χ1n) is 5.86. The molecule has 1 rings (SSSR count). The molecule has 0 aliphatic heterocycles. The Morgan fingerprint density at radius 2 is 2.29 bits per heavy atom. The number of carboxylic acids is 1. The lowest BCUT2D eigenvalue weighted by Crippen LogP contribution is -2.19. The van der Waals surface area contributed by atoms with Gasteiger partial charge in [-0.1, -0.05) is 13.8 Å². The lowest BCUT2D eigenvalue weighted by molar-refractivity contribution is -0.136. The average Bonchev–Trinajstić information content (AvgIpc) is 2.71. The molecule has 4 nitrogen and oxygen atoms in total. The summed E-state index contributed by atoms with van der Waals surface area (Å²) >= 11 is 1.58. The Bertz CT molecular complexity index is 363. The van der Waals surface area contributed by atoms with Gasteiger partial charge in [0.15, 0.2) is 5.13 Å². The number of aryl methyl sites for hydroxylation is 1. The minimum atomic E-state index is -0.771. The molecule has 0 saturated carbocycles. The number of hydrogen-bond donors (Lipinski definition) is 1.